The monoisotopic (exact) mass is 276 g/mol. The molecular formula is C14H16N2O4. The number of benzene rings is 1. The third-order valence-electron chi connectivity index (χ3n) is 2.33. The topological polar surface area (TPSA) is 99.3 Å². The summed E-state index contributed by atoms with van der Waals surface area (Å²) in [7, 11) is 0. The van der Waals surface area contributed by atoms with E-state index in [4.69, 9.17) is 10.2 Å². The van der Waals surface area contributed by atoms with E-state index in [2.05, 4.69) is 9.98 Å². The van der Waals surface area contributed by atoms with E-state index in [1.807, 2.05) is 24.3 Å². The Bertz CT molecular complexity index is 459. The van der Waals surface area contributed by atoms with Crippen LogP contribution in [0.2, 0.25) is 0 Å². The molecule has 0 fully saturated rings. The lowest BCUT2D eigenvalue weighted by molar-refractivity contribution is -0.137. The van der Waals surface area contributed by atoms with Crippen LogP contribution in [-0.4, -0.2) is 47.7 Å². The van der Waals surface area contributed by atoms with Crippen molar-refractivity contribution in [2.75, 3.05) is 13.1 Å². The molecular weight excluding hydrogens is 260 g/mol. The van der Waals surface area contributed by atoms with Crippen LogP contribution in [0.25, 0.3) is 0 Å². The molecule has 6 heteroatoms. The van der Waals surface area contributed by atoms with Gasteiger partial charge in [0.05, 0.1) is 12.8 Å². The fourth-order valence-electron chi connectivity index (χ4n) is 1.33. The first-order chi connectivity index (χ1) is 9.58. The zero-order valence-electron chi connectivity index (χ0n) is 10.9. The molecule has 0 aliphatic rings. The molecule has 0 bridgehead atoms. The van der Waals surface area contributed by atoms with Crippen LogP contribution in [0.1, 0.15) is 24.0 Å². The molecule has 0 saturated carbocycles. The maximum Gasteiger partial charge on any atom is 0.305 e. The number of carbonyl (C=O) groups is 2. The zero-order chi connectivity index (χ0) is 14.8. The van der Waals surface area contributed by atoms with E-state index >= 15 is 0 Å². The van der Waals surface area contributed by atoms with E-state index in [0.29, 0.717) is 0 Å². The van der Waals surface area contributed by atoms with Gasteiger partial charge in [0.25, 0.3) is 0 Å². The summed E-state index contributed by atoms with van der Waals surface area (Å²) >= 11 is 0. The van der Waals surface area contributed by atoms with Gasteiger partial charge in [-0.1, -0.05) is 24.3 Å². The summed E-state index contributed by atoms with van der Waals surface area (Å²) in [5.74, 6) is -1.73. The Labute approximate surface area is 116 Å². The Morgan fingerprint density at radius 3 is 1.50 bits per heavy atom. The van der Waals surface area contributed by atoms with Gasteiger partial charge in [0, 0.05) is 25.5 Å². The Balaban J connectivity index is 2.43. The van der Waals surface area contributed by atoms with Crippen molar-refractivity contribution >= 4 is 24.4 Å². The van der Waals surface area contributed by atoms with Crippen LogP contribution in [0.15, 0.2) is 34.3 Å². The first-order valence-corrected chi connectivity index (χ1v) is 6.11. The molecule has 106 valence electrons. The summed E-state index contributed by atoms with van der Waals surface area (Å²) in [6.07, 6.45) is 3.28. The van der Waals surface area contributed by atoms with Crippen LogP contribution in [0, 0.1) is 0 Å². The maximum atomic E-state index is 10.3. The second kappa shape index (κ2) is 8.58. The molecule has 0 radical (unpaired) electrons. The fraction of sp³-hybridized carbons (Fsp3) is 0.286. The van der Waals surface area contributed by atoms with E-state index in [-0.39, 0.29) is 25.9 Å². The lowest BCUT2D eigenvalue weighted by Crippen LogP contribution is -1.97. The smallest absolute Gasteiger partial charge is 0.305 e. The molecule has 0 atom stereocenters. The van der Waals surface area contributed by atoms with Gasteiger partial charge in [0.1, 0.15) is 0 Å². The highest BCUT2D eigenvalue weighted by Crippen LogP contribution is 2.00. The minimum atomic E-state index is -0.866. The van der Waals surface area contributed by atoms with Crippen molar-refractivity contribution in [2.45, 2.75) is 12.8 Å². The molecule has 0 unspecified atom stereocenters. The van der Waals surface area contributed by atoms with E-state index in [1.54, 1.807) is 12.4 Å². The van der Waals surface area contributed by atoms with Crippen molar-refractivity contribution in [3.8, 4) is 0 Å². The number of aliphatic imine (C=N–C) groups is 2. The second-order valence-corrected chi connectivity index (χ2v) is 4.02. The number of hydrogen-bond donors (Lipinski definition) is 2. The molecule has 6 nitrogen and oxygen atoms in total. The van der Waals surface area contributed by atoms with Gasteiger partial charge in [0.15, 0.2) is 0 Å². The van der Waals surface area contributed by atoms with Crippen molar-refractivity contribution in [3.63, 3.8) is 0 Å². The summed E-state index contributed by atoms with van der Waals surface area (Å²) in [6, 6.07) is 7.34. The third kappa shape index (κ3) is 7.05. The standard InChI is InChI=1S/C14H16N2O4/c17-13(18)5-7-15-9-11-1-2-12(4-3-11)10-16-8-6-14(19)20/h1-4,9-10H,5-8H2,(H,17,18)(H,19,20). The second-order valence-electron chi connectivity index (χ2n) is 4.02. The van der Waals surface area contributed by atoms with Crippen molar-refractivity contribution < 1.29 is 19.8 Å². The van der Waals surface area contributed by atoms with Crippen LogP contribution >= 0.6 is 0 Å². The quantitative estimate of drug-likeness (QED) is 0.702. The number of rotatable bonds is 8. The van der Waals surface area contributed by atoms with Gasteiger partial charge in [-0.2, -0.15) is 0 Å². The molecule has 1 aromatic carbocycles. The Hall–Kier alpha value is -2.50. The van der Waals surface area contributed by atoms with Gasteiger partial charge in [-0.05, 0) is 11.1 Å². The highest BCUT2D eigenvalue weighted by molar-refractivity contribution is 5.84. The minimum absolute atomic E-state index is 0.0187. The van der Waals surface area contributed by atoms with Crippen LogP contribution in [0.5, 0.6) is 0 Å². The Kier molecular flexibility index (Phi) is 6.67. The summed E-state index contributed by atoms with van der Waals surface area (Å²) in [4.78, 5) is 28.6. The SMILES string of the molecule is O=C(O)CCN=Cc1ccc(C=NCCC(=O)O)cc1. The van der Waals surface area contributed by atoms with Crippen LogP contribution in [0.3, 0.4) is 0 Å². The van der Waals surface area contributed by atoms with Gasteiger partial charge in [0.2, 0.25) is 0 Å². The lowest BCUT2D eigenvalue weighted by Gasteiger charge is -1.96. The molecule has 1 aromatic rings. The normalized spacial score (nSPS) is 11.2. The highest BCUT2D eigenvalue weighted by Gasteiger charge is 1.94. The van der Waals surface area contributed by atoms with Crippen molar-refractivity contribution in [1.29, 1.82) is 0 Å². The first-order valence-electron chi connectivity index (χ1n) is 6.11. The predicted octanol–water partition coefficient (Wildman–Crippen LogP) is 1.47. The molecule has 1 rings (SSSR count). The predicted molar refractivity (Wildman–Crippen MR) is 75.9 cm³/mol. The molecule has 20 heavy (non-hydrogen) atoms. The van der Waals surface area contributed by atoms with E-state index < -0.39 is 11.9 Å². The number of carboxylic acids is 2. The van der Waals surface area contributed by atoms with Crippen molar-refractivity contribution in [3.05, 3.63) is 35.4 Å². The summed E-state index contributed by atoms with van der Waals surface area (Å²) < 4.78 is 0. The number of nitrogens with zero attached hydrogens (tertiary/aromatic N) is 2. The molecule has 0 saturated heterocycles. The molecule has 0 spiro atoms. The van der Waals surface area contributed by atoms with Crippen LogP contribution in [-0.2, 0) is 9.59 Å². The Morgan fingerprint density at radius 2 is 1.20 bits per heavy atom. The van der Waals surface area contributed by atoms with Gasteiger partial charge in [-0.3, -0.25) is 19.6 Å². The largest absolute Gasteiger partial charge is 0.481 e. The molecule has 0 aromatic heterocycles. The number of hydrogen-bond acceptors (Lipinski definition) is 4. The average Bonchev–Trinajstić information content (AvgIpc) is 2.41. The zero-order valence-corrected chi connectivity index (χ0v) is 10.9. The average molecular weight is 276 g/mol. The Morgan fingerprint density at radius 1 is 0.850 bits per heavy atom. The first kappa shape index (κ1) is 15.6. The summed E-state index contributed by atoms with van der Waals surface area (Å²) in [5, 5.41) is 16.9. The summed E-state index contributed by atoms with van der Waals surface area (Å²) in [6.45, 7) is 0.515. The highest BCUT2D eigenvalue weighted by atomic mass is 16.4. The number of carboxylic acid groups (broad SMARTS) is 2. The fourth-order valence-corrected chi connectivity index (χ4v) is 1.33. The third-order valence-corrected chi connectivity index (χ3v) is 2.33. The molecule has 0 amide bonds. The van der Waals surface area contributed by atoms with Gasteiger partial charge in [-0.15, -0.1) is 0 Å². The lowest BCUT2D eigenvalue weighted by atomic mass is 10.1. The molecule has 0 heterocycles. The summed E-state index contributed by atoms with van der Waals surface area (Å²) in [5.41, 5.74) is 1.75. The maximum absolute atomic E-state index is 10.3. The molecule has 0 aliphatic heterocycles. The van der Waals surface area contributed by atoms with E-state index in [9.17, 15) is 9.59 Å². The minimum Gasteiger partial charge on any atom is -0.481 e. The number of aliphatic carboxylic acids is 2. The van der Waals surface area contributed by atoms with Crippen molar-refractivity contribution in [2.24, 2.45) is 9.98 Å². The van der Waals surface area contributed by atoms with Gasteiger partial charge >= 0.3 is 11.9 Å². The van der Waals surface area contributed by atoms with Gasteiger partial charge in [-0.25, -0.2) is 0 Å². The molecule has 0 aliphatic carbocycles. The molecule has 2 N–H and O–H groups in total. The van der Waals surface area contributed by atoms with Crippen molar-refractivity contribution in [1.82, 2.24) is 0 Å². The van der Waals surface area contributed by atoms with Crippen LogP contribution in [0.4, 0.5) is 0 Å². The van der Waals surface area contributed by atoms with Gasteiger partial charge < -0.3 is 10.2 Å². The van der Waals surface area contributed by atoms with E-state index in [0.717, 1.165) is 11.1 Å². The van der Waals surface area contributed by atoms with Crippen LogP contribution < -0.4 is 0 Å². The van der Waals surface area contributed by atoms with E-state index in [1.165, 1.54) is 0 Å².